The molecule has 1 N–H and O–H groups in total. The van der Waals surface area contributed by atoms with E-state index in [9.17, 15) is 22.4 Å². The second-order valence-corrected chi connectivity index (χ2v) is 8.65. The molecule has 1 unspecified atom stereocenters. The molecular formula is C21H16Cl2F5N3O2. The Labute approximate surface area is 195 Å². The first-order chi connectivity index (χ1) is 15.4. The second-order valence-electron chi connectivity index (χ2n) is 7.84. The van der Waals surface area contributed by atoms with Crippen LogP contribution in [-0.2, 0) is 16.1 Å². The highest BCUT2D eigenvalue weighted by molar-refractivity contribution is 6.35. The van der Waals surface area contributed by atoms with Crippen molar-refractivity contribution in [2.45, 2.75) is 23.9 Å². The number of hydrogen-bond acceptors (Lipinski definition) is 3. The number of oxime groups is 1. The van der Waals surface area contributed by atoms with E-state index in [0.29, 0.717) is 0 Å². The van der Waals surface area contributed by atoms with E-state index in [4.69, 9.17) is 28.0 Å². The van der Waals surface area contributed by atoms with Gasteiger partial charge >= 0.3 is 12.2 Å². The molecule has 2 aliphatic heterocycles. The third-order valence-electron chi connectivity index (χ3n) is 5.76. The van der Waals surface area contributed by atoms with Crippen LogP contribution < -0.4 is 5.32 Å². The number of nitrogens with one attached hydrogen (secondary N) is 1. The summed E-state index contributed by atoms with van der Waals surface area (Å²) in [5, 5.41) is 4.86. The van der Waals surface area contributed by atoms with Crippen molar-refractivity contribution in [1.82, 2.24) is 10.2 Å². The first-order valence-electron chi connectivity index (χ1n) is 9.63. The van der Waals surface area contributed by atoms with Gasteiger partial charge in [-0.3, -0.25) is 0 Å². The Hall–Kier alpha value is -2.59. The molecule has 33 heavy (non-hydrogen) atoms. The van der Waals surface area contributed by atoms with E-state index in [1.165, 1.54) is 36.2 Å². The van der Waals surface area contributed by atoms with Crippen LogP contribution in [0.3, 0.4) is 0 Å². The maximum atomic E-state index is 15.0. The van der Waals surface area contributed by atoms with Crippen molar-refractivity contribution in [2.75, 3.05) is 20.1 Å². The van der Waals surface area contributed by atoms with Gasteiger partial charge in [0, 0.05) is 19.0 Å². The zero-order valence-electron chi connectivity index (χ0n) is 16.9. The lowest BCUT2D eigenvalue weighted by Crippen LogP contribution is -2.60. The highest BCUT2D eigenvalue weighted by atomic mass is 35.5. The summed E-state index contributed by atoms with van der Waals surface area (Å²) in [6, 6.07) is 6.92. The van der Waals surface area contributed by atoms with Crippen molar-refractivity contribution >= 4 is 34.9 Å². The number of alkyl halides is 4. The average Bonchev–Trinajstić information content (AvgIpc) is 3.21. The lowest BCUT2D eigenvalue weighted by atomic mass is 9.85. The minimum Gasteiger partial charge on any atom is -0.374 e. The van der Waals surface area contributed by atoms with Gasteiger partial charge in [0.1, 0.15) is 0 Å². The first kappa shape index (κ1) is 23.6. The number of hydrogen-bond donors (Lipinski definition) is 1. The van der Waals surface area contributed by atoms with Crippen LogP contribution in [-0.4, -0.2) is 43.0 Å². The Balaban J connectivity index is 1.58. The standard InChI is InChI=1S/C21H16Cl2F5N3O2/c1-29-18(32)31-9-19(25,10-31)12-4-2-11(3-5-12)16-8-20(33-30-16,21(26,27)28)13-6-14(22)17(24)15(23)7-13/h2-7H,8-10H2,1H3,(H,29,32). The van der Waals surface area contributed by atoms with Gasteiger partial charge in [0.05, 0.1) is 28.8 Å². The molecule has 0 radical (unpaired) electrons. The van der Waals surface area contributed by atoms with Crippen molar-refractivity contribution in [1.29, 1.82) is 0 Å². The van der Waals surface area contributed by atoms with Gasteiger partial charge in [-0.05, 0) is 23.3 Å². The number of nitrogens with zero attached hydrogens (tertiary/aromatic N) is 2. The summed E-state index contributed by atoms with van der Waals surface area (Å²) < 4.78 is 71.1. The second kappa shape index (κ2) is 8.02. The van der Waals surface area contributed by atoms with Crippen LogP contribution in [0, 0.1) is 5.82 Å². The summed E-state index contributed by atoms with van der Waals surface area (Å²) in [7, 11) is 1.44. The minimum absolute atomic E-state index is 0.0380. The molecule has 0 bridgehead atoms. The van der Waals surface area contributed by atoms with E-state index in [-0.39, 0.29) is 29.9 Å². The van der Waals surface area contributed by atoms with Crippen LogP contribution in [0.1, 0.15) is 23.1 Å². The van der Waals surface area contributed by atoms with Crippen LogP contribution in [0.25, 0.3) is 0 Å². The van der Waals surface area contributed by atoms with E-state index >= 15 is 4.39 Å². The SMILES string of the molecule is CNC(=O)N1CC(F)(c2ccc(C3=NOC(c4cc(Cl)c(F)c(Cl)c4)(C(F)(F)F)C3)cc2)C1. The molecule has 2 amide bonds. The maximum absolute atomic E-state index is 15.0. The fraction of sp³-hybridized carbons (Fsp3) is 0.333. The van der Waals surface area contributed by atoms with Crippen LogP contribution in [0.4, 0.5) is 26.7 Å². The summed E-state index contributed by atoms with van der Waals surface area (Å²) in [6.07, 6.45) is -5.65. The van der Waals surface area contributed by atoms with Crippen LogP contribution >= 0.6 is 23.2 Å². The van der Waals surface area contributed by atoms with Crippen molar-refractivity contribution in [2.24, 2.45) is 5.16 Å². The van der Waals surface area contributed by atoms with E-state index in [1.54, 1.807) is 0 Å². The van der Waals surface area contributed by atoms with Crippen LogP contribution in [0.5, 0.6) is 0 Å². The van der Waals surface area contributed by atoms with Crippen LogP contribution in [0.15, 0.2) is 41.6 Å². The summed E-state index contributed by atoms with van der Waals surface area (Å²) in [6.45, 7) is -0.279. The lowest BCUT2D eigenvalue weighted by molar-refractivity contribution is -0.275. The number of benzene rings is 2. The molecule has 1 saturated heterocycles. The number of amides is 2. The largest absolute Gasteiger partial charge is 0.435 e. The first-order valence-corrected chi connectivity index (χ1v) is 10.4. The minimum atomic E-state index is -4.93. The summed E-state index contributed by atoms with van der Waals surface area (Å²) >= 11 is 11.4. The van der Waals surface area contributed by atoms with E-state index in [1.807, 2.05) is 0 Å². The van der Waals surface area contributed by atoms with Gasteiger partial charge in [-0.1, -0.05) is 52.6 Å². The number of carbonyl (C=O) groups is 1. The van der Waals surface area contributed by atoms with Crippen molar-refractivity contribution in [3.05, 3.63) is 69.0 Å². The molecular weight excluding hydrogens is 492 g/mol. The molecule has 4 rings (SSSR count). The van der Waals surface area contributed by atoms with Crippen molar-refractivity contribution in [3.8, 4) is 0 Å². The normalized spacial score (nSPS) is 21.8. The quantitative estimate of drug-likeness (QED) is 0.438. The molecule has 5 nitrogen and oxygen atoms in total. The van der Waals surface area contributed by atoms with Gasteiger partial charge in [0.2, 0.25) is 0 Å². The number of likely N-dealkylation sites (tertiary alicyclic amines) is 1. The predicted octanol–water partition coefficient (Wildman–Crippen LogP) is 5.53. The Kier molecular flexibility index (Phi) is 5.73. The maximum Gasteiger partial charge on any atom is 0.435 e. The molecule has 2 heterocycles. The summed E-state index contributed by atoms with van der Waals surface area (Å²) in [5.41, 5.74) is -4.63. The average molecular weight is 508 g/mol. The zero-order valence-corrected chi connectivity index (χ0v) is 18.5. The smallest absolute Gasteiger partial charge is 0.374 e. The molecule has 2 aliphatic rings. The van der Waals surface area contributed by atoms with E-state index in [0.717, 1.165) is 12.1 Å². The molecule has 2 aromatic carbocycles. The molecule has 0 spiro atoms. The third kappa shape index (κ3) is 3.89. The Morgan fingerprint density at radius 2 is 1.70 bits per heavy atom. The lowest BCUT2D eigenvalue weighted by Gasteiger charge is -2.44. The monoisotopic (exact) mass is 507 g/mol. The molecule has 0 saturated carbocycles. The molecule has 1 fully saturated rings. The molecule has 12 heteroatoms. The number of carbonyl (C=O) groups excluding carboxylic acids is 1. The number of rotatable bonds is 3. The van der Waals surface area contributed by atoms with Gasteiger partial charge in [0.15, 0.2) is 11.5 Å². The van der Waals surface area contributed by atoms with Gasteiger partial charge in [0.25, 0.3) is 5.60 Å². The van der Waals surface area contributed by atoms with E-state index < -0.39 is 51.3 Å². The molecule has 0 aliphatic carbocycles. The van der Waals surface area contributed by atoms with Crippen molar-refractivity contribution in [3.63, 3.8) is 0 Å². The highest BCUT2D eigenvalue weighted by Gasteiger charge is 2.62. The van der Waals surface area contributed by atoms with Crippen molar-refractivity contribution < 1.29 is 31.6 Å². The Bertz CT molecular complexity index is 1110. The molecule has 2 aromatic rings. The summed E-state index contributed by atoms with van der Waals surface area (Å²) in [4.78, 5) is 17.7. The highest BCUT2D eigenvalue weighted by Crippen LogP contribution is 2.50. The zero-order chi connectivity index (χ0) is 24.2. The van der Waals surface area contributed by atoms with Gasteiger partial charge in [-0.25, -0.2) is 13.6 Å². The van der Waals surface area contributed by atoms with Crippen LogP contribution in [0.2, 0.25) is 10.0 Å². The molecule has 176 valence electrons. The fourth-order valence-corrected chi connectivity index (χ4v) is 4.34. The number of halogens is 7. The molecule has 0 aromatic heterocycles. The predicted molar refractivity (Wildman–Crippen MR) is 112 cm³/mol. The fourth-order valence-electron chi connectivity index (χ4n) is 3.85. The Morgan fingerprint density at radius 1 is 1.12 bits per heavy atom. The topological polar surface area (TPSA) is 53.9 Å². The number of urea groups is 1. The van der Waals surface area contributed by atoms with Gasteiger partial charge < -0.3 is 15.1 Å². The molecule has 1 atom stereocenters. The van der Waals surface area contributed by atoms with Gasteiger partial charge in [-0.15, -0.1) is 0 Å². The van der Waals surface area contributed by atoms with Gasteiger partial charge in [-0.2, -0.15) is 13.2 Å². The Morgan fingerprint density at radius 3 is 2.21 bits per heavy atom. The third-order valence-corrected chi connectivity index (χ3v) is 6.31. The summed E-state index contributed by atoms with van der Waals surface area (Å²) in [5.74, 6) is -1.04. The van der Waals surface area contributed by atoms with E-state index in [2.05, 4.69) is 10.5 Å².